The van der Waals surface area contributed by atoms with Crippen LogP contribution in [0, 0.1) is 13.8 Å². The highest BCUT2D eigenvalue weighted by atomic mass is 16.2. The van der Waals surface area contributed by atoms with Crippen LogP contribution in [0.4, 0.5) is 5.69 Å². The second-order valence-electron chi connectivity index (χ2n) is 9.54. The summed E-state index contributed by atoms with van der Waals surface area (Å²) in [6, 6.07) is 19.4. The first-order chi connectivity index (χ1) is 15.6. The van der Waals surface area contributed by atoms with Crippen molar-refractivity contribution in [2.45, 2.75) is 46.6 Å². The Morgan fingerprint density at radius 2 is 1.64 bits per heavy atom. The molecule has 2 heterocycles. The Kier molecular flexibility index (Phi) is 5.90. The van der Waals surface area contributed by atoms with Gasteiger partial charge in [0.1, 0.15) is 5.70 Å². The lowest BCUT2D eigenvalue weighted by Gasteiger charge is -2.19. The molecule has 0 spiro atoms. The Balaban J connectivity index is 1.75. The molecule has 1 aliphatic rings. The van der Waals surface area contributed by atoms with Gasteiger partial charge in [-0.25, -0.2) is 0 Å². The minimum Gasteiger partial charge on any atom is -0.350 e. The van der Waals surface area contributed by atoms with Crippen molar-refractivity contribution in [3.05, 3.63) is 101 Å². The molecule has 0 unspecified atom stereocenters. The third kappa shape index (κ3) is 4.58. The Morgan fingerprint density at radius 3 is 2.24 bits per heavy atom. The zero-order valence-electron chi connectivity index (χ0n) is 19.8. The average molecular weight is 440 g/mol. The van der Waals surface area contributed by atoms with Gasteiger partial charge in [-0.2, -0.15) is 0 Å². The van der Waals surface area contributed by atoms with Crippen LogP contribution >= 0.6 is 0 Å². The second-order valence-corrected chi connectivity index (χ2v) is 9.54. The zero-order valence-corrected chi connectivity index (χ0v) is 19.8. The third-order valence-electron chi connectivity index (χ3n) is 5.89. The number of nitrogens with one attached hydrogen (secondary N) is 1. The average Bonchev–Trinajstić information content (AvgIpc) is 2.99. The molecule has 0 atom stereocenters. The minimum atomic E-state index is -0.347. The Morgan fingerprint density at radius 1 is 0.909 bits per heavy atom. The number of imide groups is 1. The highest BCUT2D eigenvalue weighted by molar-refractivity contribution is 6.36. The number of benzene rings is 2. The van der Waals surface area contributed by atoms with Crippen molar-refractivity contribution in [1.82, 2.24) is 9.88 Å². The molecule has 0 fully saturated rings. The van der Waals surface area contributed by atoms with Crippen molar-refractivity contribution in [1.29, 1.82) is 0 Å². The maximum absolute atomic E-state index is 13.5. The summed E-state index contributed by atoms with van der Waals surface area (Å²) in [4.78, 5) is 32.6. The van der Waals surface area contributed by atoms with E-state index >= 15 is 0 Å². The van der Waals surface area contributed by atoms with E-state index in [0.29, 0.717) is 17.0 Å². The smallest absolute Gasteiger partial charge is 0.278 e. The Hall–Kier alpha value is -3.73. The largest absolute Gasteiger partial charge is 0.350 e. The predicted octanol–water partition coefficient (Wildman–Crippen LogP) is 5.39. The van der Waals surface area contributed by atoms with Gasteiger partial charge in [-0.1, -0.05) is 62.7 Å². The quantitative estimate of drug-likeness (QED) is 0.542. The second kappa shape index (κ2) is 8.66. The highest BCUT2D eigenvalue weighted by Gasteiger charge is 2.40. The number of aromatic nitrogens is 1. The molecule has 5 heteroatoms. The molecule has 0 saturated carbocycles. The first-order valence-corrected chi connectivity index (χ1v) is 11.1. The Labute approximate surface area is 195 Å². The van der Waals surface area contributed by atoms with Gasteiger partial charge in [0.15, 0.2) is 0 Å². The van der Waals surface area contributed by atoms with Crippen LogP contribution in [0.25, 0.3) is 5.57 Å². The summed E-state index contributed by atoms with van der Waals surface area (Å²) in [6.45, 7) is 10.6. The number of hydrogen-bond acceptors (Lipinski definition) is 4. The molecule has 0 aliphatic carbocycles. The SMILES string of the molecule is Cc1ccc(C2=C(Nc3ccc(C(C)(C)C)cc3)C(=O)N(Cc3ccccn3)C2=O)c(C)c1. The number of carbonyl (C=O) groups is 2. The molecule has 1 N–H and O–H groups in total. The number of aryl methyl sites for hydroxylation is 2. The lowest BCUT2D eigenvalue weighted by molar-refractivity contribution is -0.137. The van der Waals surface area contributed by atoms with Crippen LogP contribution in [-0.4, -0.2) is 21.7 Å². The van der Waals surface area contributed by atoms with Crippen molar-refractivity contribution in [3.63, 3.8) is 0 Å². The van der Waals surface area contributed by atoms with E-state index in [1.807, 2.05) is 74.5 Å². The molecule has 33 heavy (non-hydrogen) atoms. The number of hydrogen-bond donors (Lipinski definition) is 1. The fraction of sp³-hybridized carbons (Fsp3) is 0.250. The minimum absolute atomic E-state index is 0.0284. The molecule has 3 aromatic rings. The van der Waals surface area contributed by atoms with Gasteiger partial charge in [0.05, 0.1) is 17.8 Å². The fourth-order valence-electron chi connectivity index (χ4n) is 4.03. The maximum atomic E-state index is 13.5. The topological polar surface area (TPSA) is 62.3 Å². The maximum Gasteiger partial charge on any atom is 0.278 e. The molecule has 0 radical (unpaired) electrons. The molecule has 0 bridgehead atoms. The van der Waals surface area contributed by atoms with Gasteiger partial charge in [0, 0.05) is 11.9 Å². The summed E-state index contributed by atoms with van der Waals surface area (Å²) in [7, 11) is 0. The Bertz CT molecular complexity index is 1240. The molecule has 1 aliphatic heterocycles. The van der Waals surface area contributed by atoms with Crippen LogP contribution in [0.5, 0.6) is 0 Å². The standard InChI is InChI=1S/C28H29N3O2/c1-18-9-14-23(19(2)16-18)24-25(30-21-12-10-20(11-13-21)28(3,4)5)27(33)31(26(24)32)17-22-8-6-7-15-29-22/h6-16,30H,17H2,1-5H3. The third-order valence-corrected chi connectivity index (χ3v) is 5.89. The molecule has 4 rings (SSSR count). The molecule has 2 amide bonds. The number of amides is 2. The summed E-state index contributed by atoms with van der Waals surface area (Å²) < 4.78 is 0. The van der Waals surface area contributed by atoms with Crippen LogP contribution < -0.4 is 5.32 Å². The zero-order chi connectivity index (χ0) is 23.8. The van der Waals surface area contributed by atoms with Crippen LogP contribution in [-0.2, 0) is 21.5 Å². The van der Waals surface area contributed by atoms with Crippen LogP contribution in [0.15, 0.2) is 72.6 Å². The lowest BCUT2D eigenvalue weighted by Crippen LogP contribution is -2.32. The molecule has 2 aromatic carbocycles. The summed E-state index contributed by atoms with van der Waals surface area (Å²) in [5.74, 6) is -0.660. The first kappa shape index (κ1) is 22.5. The van der Waals surface area contributed by atoms with Crippen LogP contribution in [0.2, 0.25) is 0 Å². The van der Waals surface area contributed by atoms with Gasteiger partial charge < -0.3 is 5.32 Å². The van der Waals surface area contributed by atoms with E-state index in [9.17, 15) is 9.59 Å². The van der Waals surface area contributed by atoms with E-state index in [1.165, 1.54) is 10.5 Å². The first-order valence-electron chi connectivity index (χ1n) is 11.1. The molecule has 0 saturated heterocycles. The normalized spacial score (nSPS) is 14.3. The lowest BCUT2D eigenvalue weighted by atomic mass is 9.87. The van der Waals surface area contributed by atoms with E-state index in [0.717, 1.165) is 22.4 Å². The number of pyridine rings is 1. The molecular weight excluding hydrogens is 410 g/mol. The summed E-state index contributed by atoms with van der Waals surface area (Å²) in [5.41, 5.74) is 6.16. The fourth-order valence-corrected chi connectivity index (χ4v) is 4.03. The van der Waals surface area contributed by atoms with Gasteiger partial charge in [0.25, 0.3) is 11.8 Å². The van der Waals surface area contributed by atoms with Crippen LogP contribution in [0.1, 0.15) is 48.7 Å². The van der Waals surface area contributed by atoms with E-state index in [-0.39, 0.29) is 23.8 Å². The van der Waals surface area contributed by atoms with Crippen molar-refractivity contribution in [2.75, 3.05) is 5.32 Å². The highest BCUT2D eigenvalue weighted by Crippen LogP contribution is 2.33. The number of rotatable bonds is 5. The van der Waals surface area contributed by atoms with Gasteiger partial charge in [-0.05, 0) is 60.2 Å². The van der Waals surface area contributed by atoms with Crippen molar-refractivity contribution < 1.29 is 9.59 Å². The van der Waals surface area contributed by atoms with Crippen molar-refractivity contribution >= 4 is 23.1 Å². The monoisotopic (exact) mass is 439 g/mol. The van der Waals surface area contributed by atoms with Gasteiger partial charge in [-0.3, -0.25) is 19.5 Å². The van der Waals surface area contributed by atoms with Crippen LogP contribution in [0.3, 0.4) is 0 Å². The number of anilines is 1. The number of nitrogens with zero attached hydrogens (tertiary/aromatic N) is 2. The molecule has 1 aromatic heterocycles. The summed E-state index contributed by atoms with van der Waals surface area (Å²) in [6.07, 6.45) is 1.66. The summed E-state index contributed by atoms with van der Waals surface area (Å²) in [5, 5.41) is 3.25. The van der Waals surface area contributed by atoms with E-state index in [2.05, 4.69) is 31.1 Å². The van der Waals surface area contributed by atoms with Gasteiger partial charge >= 0.3 is 0 Å². The number of carbonyl (C=O) groups excluding carboxylic acids is 2. The van der Waals surface area contributed by atoms with E-state index in [4.69, 9.17) is 0 Å². The van der Waals surface area contributed by atoms with E-state index < -0.39 is 0 Å². The molecular formula is C28H29N3O2. The molecule has 5 nitrogen and oxygen atoms in total. The summed E-state index contributed by atoms with van der Waals surface area (Å²) >= 11 is 0. The molecule has 168 valence electrons. The van der Waals surface area contributed by atoms with E-state index in [1.54, 1.807) is 6.20 Å². The van der Waals surface area contributed by atoms with Gasteiger partial charge in [-0.15, -0.1) is 0 Å². The predicted molar refractivity (Wildman–Crippen MR) is 131 cm³/mol. The van der Waals surface area contributed by atoms with Gasteiger partial charge in [0.2, 0.25) is 0 Å². The van der Waals surface area contributed by atoms with Crippen molar-refractivity contribution in [2.24, 2.45) is 0 Å². The van der Waals surface area contributed by atoms with Crippen molar-refractivity contribution in [3.8, 4) is 0 Å².